The molecule has 138 heavy (non-hydrogen) atoms. The third-order valence-corrected chi connectivity index (χ3v) is 28.3. The van der Waals surface area contributed by atoms with Gasteiger partial charge >= 0.3 is 0 Å². The van der Waals surface area contributed by atoms with Crippen molar-refractivity contribution in [3.05, 3.63) is 479 Å². The van der Waals surface area contributed by atoms with Gasteiger partial charge in [0.05, 0.1) is 72.6 Å². The molecule has 8 heterocycles. The summed E-state index contributed by atoms with van der Waals surface area (Å²) in [4.78, 5) is 36.0. The Balaban J connectivity index is 0.722. The Hall–Kier alpha value is -18.5. The van der Waals surface area contributed by atoms with Crippen molar-refractivity contribution in [3.8, 4) is 130 Å². The largest absolute Gasteiger partial charge is 0.333 e. The zero-order valence-electron chi connectivity index (χ0n) is 74.6. The van der Waals surface area contributed by atoms with E-state index >= 15 is 0 Å². The monoisotopic (exact) mass is 1760 g/mol. The number of benzene rings is 19. The molecule has 0 spiro atoms. The number of allylic oxidation sites excluding steroid dienone is 2. The van der Waals surface area contributed by atoms with Crippen LogP contribution in [-0.2, 0) is 0 Å². The van der Waals surface area contributed by atoms with Crippen LogP contribution in [0.5, 0.6) is 0 Å². The molecule has 19 aromatic carbocycles. The highest BCUT2D eigenvalue weighted by Crippen LogP contribution is 2.53. The van der Waals surface area contributed by atoms with Crippen LogP contribution >= 0.6 is 0 Å². The molecule has 12 nitrogen and oxygen atoms in total. The van der Waals surface area contributed by atoms with Crippen LogP contribution in [0, 0.1) is 0 Å². The van der Waals surface area contributed by atoms with Crippen molar-refractivity contribution in [3.63, 3.8) is 0 Å². The van der Waals surface area contributed by atoms with Crippen LogP contribution in [0.1, 0.15) is 11.5 Å². The van der Waals surface area contributed by atoms with Crippen molar-refractivity contribution in [2.24, 2.45) is 0 Å². The van der Waals surface area contributed by atoms with Gasteiger partial charge in [-0.3, -0.25) is 0 Å². The minimum absolute atomic E-state index is 0.0572. The zero-order valence-corrected chi connectivity index (χ0v) is 74.6. The van der Waals surface area contributed by atoms with E-state index in [1.165, 1.54) is 43.6 Å². The summed E-state index contributed by atoms with van der Waals surface area (Å²) in [6, 6.07) is 163. The number of anilines is 2. The van der Waals surface area contributed by atoms with Crippen LogP contribution < -0.4 is 4.90 Å². The third-order valence-electron chi connectivity index (χ3n) is 28.3. The molecule has 0 N–H and O–H groups in total. The number of hydrogen-bond donors (Lipinski definition) is 0. The van der Waals surface area contributed by atoms with Gasteiger partial charge in [-0.25, -0.2) is 29.9 Å². The maximum atomic E-state index is 5.69. The van der Waals surface area contributed by atoms with Crippen LogP contribution in [0.25, 0.3) is 239 Å². The molecule has 12 heteroatoms. The van der Waals surface area contributed by atoms with E-state index in [0.29, 0.717) is 34.9 Å². The minimum Gasteiger partial charge on any atom is -0.333 e. The Morgan fingerprint density at radius 3 is 0.775 bits per heavy atom. The number of hydrogen-bond acceptors (Lipinski definition) is 7. The summed E-state index contributed by atoms with van der Waals surface area (Å²) in [6.45, 7) is 0. The summed E-state index contributed by atoms with van der Waals surface area (Å²) in [5.74, 6) is 3.43. The molecule has 644 valence electrons. The lowest BCUT2D eigenvalue weighted by Crippen LogP contribution is -2.28. The fraction of sp³-hybridized carbons (Fsp3) is 0.0159. The van der Waals surface area contributed by atoms with Crippen molar-refractivity contribution in [1.82, 2.24) is 52.7 Å². The van der Waals surface area contributed by atoms with Crippen molar-refractivity contribution in [2.45, 2.75) is 12.0 Å². The third kappa shape index (κ3) is 12.3. The van der Waals surface area contributed by atoms with E-state index in [2.05, 4.69) is 452 Å². The Kier molecular flexibility index (Phi) is 17.9. The summed E-state index contributed by atoms with van der Waals surface area (Å²) in [5, 5.41) is 11.4. The lowest BCUT2D eigenvalue weighted by atomic mass is 9.87. The zero-order chi connectivity index (χ0) is 90.6. The molecule has 1 aliphatic carbocycles. The van der Waals surface area contributed by atoms with E-state index in [1.54, 1.807) is 0 Å². The van der Waals surface area contributed by atoms with Crippen LogP contribution in [0.15, 0.2) is 473 Å². The number of aromatic nitrogens is 11. The van der Waals surface area contributed by atoms with Crippen molar-refractivity contribution in [1.29, 1.82) is 0 Å². The number of fused-ring (bicyclic) bond motifs is 18. The van der Waals surface area contributed by atoms with E-state index in [1.807, 2.05) is 48.5 Å². The molecule has 7 aromatic heterocycles. The Bertz CT molecular complexity index is 9120. The molecule has 0 fully saturated rings. The van der Waals surface area contributed by atoms with Crippen molar-refractivity contribution in [2.75, 3.05) is 4.90 Å². The second-order valence-corrected chi connectivity index (χ2v) is 35.9. The van der Waals surface area contributed by atoms with Gasteiger partial charge in [0.2, 0.25) is 0 Å². The van der Waals surface area contributed by atoms with Crippen molar-refractivity contribution < 1.29 is 0 Å². The molecule has 26 aromatic rings. The first-order valence-corrected chi connectivity index (χ1v) is 47.1. The molecule has 2 aliphatic rings. The van der Waals surface area contributed by atoms with Gasteiger partial charge in [0.1, 0.15) is 0 Å². The van der Waals surface area contributed by atoms with E-state index in [4.69, 9.17) is 29.9 Å². The first-order valence-electron chi connectivity index (χ1n) is 47.1. The van der Waals surface area contributed by atoms with Gasteiger partial charge in [-0.2, -0.15) is 0 Å². The molecule has 0 saturated heterocycles. The smallest absolute Gasteiger partial charge is 0.166 e. The number of rotatable bonds is 15. The first kappa shape index (κ1) is 78.2. The van der Waals surface area contributed by atoms with Crippen LogP contribution in [0.3, 0.4) is 0 Å². The van der Waals surface area contributed by atoms with Gasteiger partial charge in [-0.05, 0) is 155 Å². The minimum atomic E-state index is 0.0572. The predicted octanol–water partition coefficient (Wildman–Crippen LogP) is 31.3. The van der Waals surface area contributed by atoms with Gasteiger partial charge in [0.15, 0.2) is 34.9 Å². The molecule has 2 atom stereocenters. The van der Waals surface area contributed by atoms with Gasteiger partial charge in [-0.15, -0.1) is 0 Å². The summed E-state index contributed by atoms with van der Waals surface area (Å²) >= 11 is 0. The molecule has 2 unspecified atom stereocenters. The SMILES string of the molecule is C1=CC2c3ccccc3N(c3ccc4c(c3)c3cc(-n5c6ccccc6c6ccccc65)ccc3n4-c3c(-c4nc(-c5ccccc5)nc(-c5ccccc5)n4)cccc3-c3ccccc3-c3ccccc3-c3cccc(-c4nc(-c5ccccc5)nc(-c5ccccc5)n4)c3-n3c4ccc(-n5c6ccccc6c6ccccc65)cc4c4cc(-n5c6ccccc6c6ccccc65)ccc43)C2C=C1. The lowest BCUT2D eigenvalue weighted by molar-refractivity contribution is 0.745. The van der Waals surface area contributed by atoms with Crippen LogP contribution in [0.4, 0.5) is 11.4 Å². The maximum Gasteiger partial charge on any atom is 0.166 e. The standard InChI is InChI=1S/C126H80N12/c1-5-35-79(36-6-1)121-127-122(80-37-7-2-8-38-80)130-125(129-121)101-57-33-55-99(119(101)137-115-71-67-83(133-107-59-25-17-47-91(107)92-48-18-26-60-108(92)133)75-103(115)104-76-84(68-72-116(104)137)134-109-61-27-19-49-93(109)94-50-20-28-62-110(94)134)89-45-15-13-43-87(89)88-44-14-16-46-90(88)100-56-34-58-102(126-131-123(81-39-9-3-10-40-81)128-124(132-126)82-41-11-4-12-42-82)120(100)138-117-73-69-85(135-111-63-29-21-51-95(111)96-52-22-30-64-112(96)135)77-105(117)106-78-86(70-74-118(106)138)136-113-65-31-23-53-97(113)98-54-24-32-66-114(98)136/h1-78,91,107H. The second-order valence-electron chi connectivity index (χ2n) is 35.9. The fourth-order valence-electron chi connectivity index (χ4n) is 22.4. The van der Waals surface area contributed by atoms with E-state index in [9.17, 15) is 0 Å². The predicted molar refractivity (Wildman–Crippen MR) is 567 cm³/mol. The van der Waals surface area contributed by atoms with E-state index in [0.717, 1.165) is 178 Å². The molecule has 0 amide bonds. The van der Waals surface area contributed by atoms with E-state index < -0.39 is 0 Å². The highest BCUT2D eigenvalue weighted by molar-refractivity contribution is 6.18. The average molecular weight is 1760 g/mol. The molecular formula is C126H80N12. The summed E-state index contributed by atoms with van der Waals surface area (Å²) in [6.07, 6.45) is 9.14. The topological polar surface area (TPSA) is 105 Å². The second kappa shape index (κ2) is 31.6. The maximum absolute atomic E-state index is 5.69. The molecule has 1 aliphatic heterocycles. The van der Waals surface area contributed by atoms with E-state index in [-0.39, 0.29) is 12.0 Å². The molecule has 0 radical (unpaired) electrons. The van der Waals surface area contributed by atoms with Crippen LogP contribution in [-0.4, -0.2) is 58.8 Å². The molecule has 0 saturated carbocycles. The fourth-order valence-corrected chi connectivity index (χ4v) is 22.4. The normalized spacial score (nSPS) is 13.6. The van der Waals surface area contributed by atoms with Crippen molar-refractivity contribution >= 4 is 120 Å². The number of nitrogens with zero attached hydrogens (tertiary/aromatic N) is 12. The Morgan fingerprint density at radius 1 is 0.174 bits per heavy atom. The lowest BCUT2D eigenvalue weighted by Gasteiger charge is -2.29. The molecule has 28 rings (SSSR count). The Labute approximate surface area is 793 Å². The highest BCUT2D eigenvalue weighted by atomic mass is 15.2. The van der Waals surface area contributed by atoms with Gasteiger partial charge in [-0.1, -0.05) is 346 Å². The summed E-state index contributed by atoms with van der Waals surface area (Å²) < 4.78 is 12.3. The molecule has 0 bridgehead atoms. The highest BCUT2D eigenvalue weighted by Gasteiger charge is 2.38. The van der Waals surface area contributed by atoms with Crippen LogP contribution in [0.2, 0.25) is 0 Å². The average Bonchev–Trinajstić information content (AvgIpc) is 1.55. The van der Waals surface area contributed by atoms with Gasteiger partial charge in [0.25, 0.3) is 0 Å². The summed E-state index contributed by atoms with van der Waals surface area (Å²) in [7, 11) is 0. The Morgan fingerprint density at radius 2 is 0.428 bits per heavy atom. The first-order chi connectivity index (χ1) is 68.5. The quantitative estimate of drug-likeness (QED) is 0.101. The summed E-state index contributed by atoms with van der Waals surface area (Å²) in [5.41, 5.74) is 30.2. The number of para-hydroxylation sites is 9. The molecular weight excluding hydrogens is 1680 g/mol. The van der Waals surface area contributed by atoms with Gasteiger partial charge < -0.3 is 27.7 Å². The van der Waals surface area contributed by atoms with Gasteiger partial charge in [0, 0.05) is 133 Å².